The average Bonchev–Trinajstić information content (AvgIpc) is 3.30. The van der Waals surface area contributed by atoms with E-state index in [1.165, 1.54) is 77.0 Å². The van der Waals surface area contributed by atoms with Crippen LogP contribution in [0.25, 0.3) is 0 Å². The van der Waals surface area contributed by atoms with Gasteiger partial charge in [-0.3, -0.25) is 4.90 Å². The standard InChI is InChI=1S/C18H29N/c1-3-9-17(10-4-1)19(15-7-8-16-13-14-16)18-11-5-2-6-12-18/h16-18H,1-6,9-15H2. The van der Waals surface area contributed by atoms with Crippen LogP contribution in [0.15, 0.2) is 0 Å². The van der Waals surface area contributed by atoms with E-state index in [2.05, 4.69) is 16.7 Å². The van der Waals surface area contributed by atoms with Crippen LogP contribution in [0.1, 0.15) is 77.0 Å². The lowest BCUT2D eigenvalue weighted by atomic mass is 9.88. The fourth-order valence-corrected chi connectivity index (χ4v) is 3.89. The molecule has 0 N–H and O–H groups in total. The molecule has 3 aliphatic rings. The molecule has 3 rings (SSSR count). The first kappa shape index (κ1) is 13.5. The first-order valence-corrected chi connectivity index (χ1v) is 8.67. The maximum absolute atomic E-state index is 3.52. The van der Waals surface area contributed by atoms with E-state index >= 15 is 0 Å². The van der Waals surface area contributed by atoms with E-state index in [-0.39, 0.29) is 0 Å². The minimum Gasteiger partial charge on any atom is -0.286 e. The van der Waals surface area contributed by atoms with Crippen molar-refractivity contribution in [1.29, 1.82) is 0 Å². The van der Waals surface area contributed by atoms with Crippen molar-refractivity contribution >= 4 is 0 Å². The Bertz CT molecular complexity index is 303. The van der Waals surface area contributed by atoms with Crippen molar-refractivity contribution in [2.24, 2.45) is 5.92 Å². The fraction of sp³-hybridized carbons (Fsp3) is 0.889. The lowest BCUT2D eigenvalue weighted by molar-refractivity contribution is 0.0961. The summed E-state index contributed by atoms with van der Waals surface area (Å²) < 4.78 is 0. The summed E-state index contributed by atoms with van der Waals surface area (Å²) in [5.41, 5.74) is 0. The van der Waals surface area contributed by atoms with Crippen LogP contribution in [0.5, 0.6) is 0 Å². The summed E-state index contributed by atoms with van der Waals surface area (Å²) >= 11 is 0. The Morgan fingerprint density at radius 3 is 1.68 bits per heavy atom. The van der Waals surface area contributed by atoms with Gasteiger partial charge in [-0.05, 0) is 38.5 Å². The van der Waals surface area contributed by atoms with E-state index in [1.54, 1.807) is 0 Å². The van der Waals surface area contributed by atoms with Gasteiger partial charge in [0.15, 0.2) is 0 Å². The summed E-state index contributed by atoms with van der Waals surface area (Å²) in [7, 11) is 0. The van der Waals surface area contributed by atoms with Gasteiger partial charge >= 0.3 is 0 Å². The van der Waals surface area contributed by atoms with Crippen LogP contribution in [-0.2, 0) is 0 Å². The second kappa shape index (κ2) is 6.80. The Morgan fingerprint density at radius 1 is 0.684 bits per heavy atom. The van der Waals surface area contributed by atoms with Crippen LogP contribution in [0.3, 0.4) is 0 Å². The molecule has 1 heteroatoms. The first-order chi connectivity index (χ1) is 9.43. The normalized spacial score (nSPS) is 26.2. The third-order valence-electron chi connectivity index (χ3n) is 5.23. The monoisotopic (exact) mass is 259 g/mol. The van der Waals surface area contributed by atoms with Crippen LogP contribution in [0.2, 0.25) is 0 Å². The van der Waals surface area contributed by atoms with Crippen molar-refractivity contribution in [2.45, 2.75) is 89.1 Å². The molecule has 0 unspecified atom stereocenters. The smallest absolute Gasteiger partial charge is 0.0606 e. The zero-order chi connectivity index (χ0) is 12.9. The largest absolute Gasteiger partial charge is 0.286 e. The number of hydrogen-bond donors (Lipinski definition) is 0. The maximum atomic E-state index is 3.52. The van der Waals surface area contributed by atoms with E-state index in [4.69, 9.17) is 0 Å². The molecular weight excluding hydrogens is 230 g/mol. The van der Waals surface area contributed by atoms with Gasteiger partial charge in [0.25, 0.3) is 0 Å². The Kier molecular flexibility index (Phi) is 4.83. The quantitative estimate of drug-likeness (QED) is 0.680. The zero-order valence-electron chi connectivity index (χ0n) is 12.4. The molecule has 1 nitrogen and oxygen atoms in total. The molecule has 0 heterocycles. The van der Waals surface area contributed by atoms with E-state index < -0.39 is 0 Å². The molecule has 19 heavy (non-hydrogen) atoms. The topological polar surface area (TPSA) is 3.24 Å². The maximum Gasteiger partial charge on any atom is 0.0606 e. The SMILES string of the molecule is C(#CC1CC1)CN(C1CCCCC1)C1CCCCC1. The Morgan fingerprint density at radius 2 is 1.21 bits per heavy atom. The van der Waals surface area contributed by atoms with Gasteiger partial charge in [-0.1, -0.05) is 50.4 Å². The van der Waals surface area contributed by atoms with E-state index in [1.807, 2.05) is 0 Å². The van der Waals surface area contributed by atoms with Gasteiger partial charge < -0.3 is 0 Å². The Balaban J connectivity index is 1.60. The minimum absolute atomic E-state index is 0.763. The van der Waals surface area contributed by atoms with Gasteiger partial charge in [0, 0.05) is 18.0 Å². The number of nitrogens with zero attached hydrogens (tertiary/aromatic N) is 1. The summed E-state index contributed by atoms with van der Waals surface area (Å²) in [4.78, 5) is 2.81. The van der Waals surface area contributed by atoms with Gasteiger partial charge in [0.2, 0.25) is 0 Å². The van der Waals surface area contributed by atoms with Gasteiger partial charge in [0.05, 0.1) is 6.54 Å². The van der Waals surface area contributed by atoms with Crippen LogP contribution < -0.4 is 0 Å². The highest BCUT2D eigenvalue weighted by molar-refractivity contribution is 5.11. The van der Waals surface area contributed by atoms with Crippen molar-refractivity contribution in [1.82, 2.24) is 4.90 Å². The third kappa shape index (κ3) is 3.99. The molecule has 0 spiro atoms. The zero-order valence-corrected chi connectivity index (χ0v) is 12.4. The lowest BCUT2D eigenvalue weighted by Gasteiger charge is -2.40. The van der Waals surface area contributed by atoms with Crippen LogP contribution in [0, 0.1) is 17.8 Å². The second-order valence-electron chi connectivity index (χ2n) is 6.85. The van der Waals surface area contributed by atoms with Crippen molar-refractivity contribution in [3.05, 3.63) is 0 Å². The molecule has 0 bridgehead atoms. The van der Waals surface area contributed by atoms with Crippen LogP contribution in [0.4, 0.5) is 0 Å². The van der Waals surface area contributed by atoms with Gasteiger partial charge in [-0.2, -0.15) is 0 Å². The molecule has 0 amide bonds. The molecular formula is C18H29N. The van der Waals surface area contributed by atoms with E-state index in [0.717, 1.165) is 24.5 Å². The summed E-state index contributed by atoms with van der Waals surface area (Å²) in [5.74, 6) is 7.76. The summed E-state index contributed by atoms with van der Waals surface area (Å²) in [6.45, 7) is 1.06. The van der Waals surface area contributed by atoms with E-state index in [0.29, 0.717) is 0 Å². The molecule has 0 aromatic rings. The van der Waals surface area contributed by atoms with Crippen molar-refractivity contribution < 1.29 is 0 Å². The Hall–Kier alpha value is -0.480. The fourth-order valence-electron chi connectivity index (χ4n) is 3.89. The molecule has 3 aliphatic carbocycles. The predicted octanol–water partition coefficient (Wildman–Crippen LogP) is 4.37. The highest BCUT2D eigenvalue weighted by atomic mass is 15.2. The molecule has 0 aromatic heterocycles. The van der Waals surface area contributed by atoms with Crippen LogP contribution >= 0.6 is 0 Å². The molecule has 0 aromatic carbocycles. The Labute approximate surface area is 119 Å². The molecule has 0 aliphatic heterocycles. The van der Waals surface area contributed by atoms with Crippen molar-refractivity contribution in [3.63, 3.8) is 0 Å². The summed E-state index contributed by atoms with van der Waals surface area (Å²) in [6, 6.07) is 1.70. The number of hydrogen-bond acceptors (Lipinski definition) is 1. The van der Waals surface area contributed by atoms with Gasteiger partial charge in [-0.15, -0.1) is 0 Å². The van der Waals surface area contributed by atoms with Crippen molar-refractivity contribution in [3.8, 4) is 11.8 Å². The minimum atomic E-state index is 0.763. The van der Waals surface area contributed by atoms with Crippen LogP contribution in [-0.4, -0.2) is 23.5 Å². The first-order valence-electron chi connectivity index (χ1n) is 8.67. The van der Waals surface area contributed by atoms with Gasteiger partial charge in [0.1, 0.15) is 0 Å². The predicted molar refractivity (Wildman–Crippen MR) is 81.0 cm³/mol. The third-order valence-corrected chi connectivity index (χ3v) is 5.23. The van der Waals surface area contributed by atoms with E-state index in [9.17, 15) is 0 Å². The van der Waals surface area contributed by atoms with Gasteiger partial charge in [-0.25, -0.2) is 0 Å². The average molecular weight is 259 g/mol. The number of rotatable bonds is 3. The lowest BCUT2D eigenvalue weighted by Crippen LogP contribution is -2.45. The molecule has 106 valence electrons. The molecule has 0 radical (unpaired) electrons. The summed E-state index contributed by atoms with van der Waals surface area (Å²) in [5, 5.41) is 0. The van der Waals surface area contributed by atoms with Crippen molar-refractivity contribution in [2.75, 3.05) is 6.54 Å². The molecule has 3 saturated carbocycles. The molecule has 3 fully saturated rings. The molecule has 0 saturated heterocycles. The molecule has 0 atom stereocenters. The summed E-state index contributed by atoms with van der Waals surface area (Å²) in [6.07, 6.45) is 17.2. The highest BCUT2D eigenvalue weighted by Crippen LogP contribution is 2.30. The second-order valence-corrected chi connectivity index (χ2v) is 6.85. The highest BCUT2D eigenvalue weighted by Gasteiger charge is 2.28.